The van der Waals surface area contributed by atoms with E-state index in [2.05, 4.69) is 11.9 Å². The number of nitrogens with one attached hydrogen (secondary N) is 1. The zero-order chi connectivity index (χ0) is 31.8. The Morgan fingerprint density at radius 2 is 1.57 bits per heavy atom. The highest BCUT2D eigenvalue weighted by Crippen LogP contribution is 2.48. The van der Waals surface area contributed by atoms with E-state index < -0.39 is 29.5 Å². The molecule has 2 aliphatic rings. The van der Waals surface area contributed by atoms with E-state index >= 15 is 0 Å². The van der Waals surface area contributed by atoms with Gasteiger partial charge in [0.2, 0.25) is 11.8 Å². The molecule has 5 aromatic rings. The number of hydrogen-bond acceptors (Lipinski definition) is 8. The molecular weight excluding hydrogens is 635 g/mol. The van der Waals surface area contributed by atoms with Gasteiger partial charge in [-0.2, -0.15) is 0 Å². The second kappa shape index (κ2) is 12.8. The van der Waals surface area contributed by atoms with Gasteiger partial charge in [-0.05, 0) is 52.1 Å². The van der Waals surface area contributed by atoms with Gasteiger partial charge >= 0.3 is 5.97 Å². The molecule has 2 amide bonds. The van der Waals surface area contributed by atoms with Gasteiger partial charge in [0, 0.05) is 11.1 Å². The first kappa shape index (κ1) is 30.3. The summed E-state index contributed by atoms with van der Waals surface area (Å²) in [5, 5.41) is 2.36. The lowest BCUT2D eigenvalue weighted by atomic mass is 9.98. The molecule has 0 bridgehead atoms. The van der Waals surface area contributed by atoms with Crippen molar-refractivity contribution in [1.29, 1.82) is 0 Å². The van der Waals surface area contributed by atoms with Crippen LogP contribution in [-0.2, 0) is 25.5 Å². The van der Waals surface area contributed by atoms with Crippen LogP contribution in [0, 0.1) is 0 Å². The van der Waals surface area contributed by atoms with Crippen molar-refractivity contribution in [2.75, 3.05) is 0 Å². The first-order valence-electron chi connectivity index (χ1n) is 14.8. The Labute approximate surface area is 278 Å². The number of β-lactam (4-membered cyclic amide) rings is 1. The van der Waals surface area contributed by atoms with Crippen molar-refractivity contribution in [1.82, 2.24) is 15.2 Å². The first-order valence-corrected chi connectivity index (χ1v) is 17.8. The van der Waals surface area contributed by atoms with E-state index in [1.807, 2.05) is 103 Å². The van der Waals surface area contributed by atoms with Crippen LogP contribution in [0.4, 0.5) is 0 Å². The van der Waals surface area contributed by atoms with Crippen LogP contribution in [-0.4, -0.2) is 45.1 Å². The second-order valence-corrected chi connectivity index (χ2v) is 14.8. The highest BCUT2D eigenvalue weighted by atomic mass is 33.1. The van der Waals surface area contributed by atoms with Gasteiger partial charge < -0.3 is 15.0 Å². The minimum absolute atomic E-state index is 0.138. The van der Waals surface area contributed by atoms with Gasteiger partial charge in [0.15, 0.2) is 16.5 Å². The smallest absolute Gasteiger partial charge is 0.334 e. The average molecular weight is 664 g/mol. The third-order valence-corrected chi connectivity index (χ3v) is 12.1. The predicted molar refractivity (Wildman–Crippen MR) is 184 cm³/mol. The number of carbonyl (C=O) groups is 3. The van der Waals surface area contributed by atoms with E-state index in [-0.39, 0.29) is 18.2 Å². The lowest BCUT2D eigenvalue weighted by Crippen LogP contribution is -2.73. The number of benzene rings is 4. The van der Waals surface area contributed by atoms with Gasteiger partial charge in [0.25, 0.3) is 0 Å². The minimum atomic E-state index is -1.04. The Kier molecular flexibility index (Phi) is 8.42. The third-order valence-electron chi connectivity index (χ3n) is 8.08. The van der Waals surface area contributed by atoms with Crippen LogP contribution < -0.4 is 5.32 Å². The molecule has 2 heterocycles. The van der Waals surface area contributed by atoms with Crippen LogP contribution >= 0.6 is 32.9 Å². The van der Waals surface area contributed by atoms with Crippen LogP contribution in [0.3, 0.4) is 0 Å². The molecule has 0 saturated carbocycles. The van der Waals surface area contributed by atoms with Gasteiger partial charge in [-0.15, -0.1) is 11.3 Å². The Bertz CT molecular complexity index is 1900. The van der Waals surface area contributed by atoms with Crippen LogP contribution in [0.25, 0.3) is 21.3 Å². The summed E-state index contributed by atoms with van der Waals surface area (Å²) in [6, 6.07) is 31.1. The Balaban J connectivity index is 1.14. The van der Waals surface area contributed by atoms with Gasteiger partial charge in [-0.3, -0.25) is 9.59 Å². The summed E-state index contributed by atoms with van der Waals surface area (Å²) >= 11 is 1.55. The monoisotopic (exact) mass is 663 g/mol. The lowest BCUT2D eigenvalue weighted by Gasteiger charge is -2.49. The fraction of sp³-hybridized carbons (Fsp3) is 0.167. The summed E-state index contributed by atoms with van der Waals surface area (Å²) < 4.78 is 8.10. The van der Waals surface area contributed by atoms with E-state index in [1.165, 1.54) is 26.5 Å². The number of rotatable bonds is 10. The molecule has 7 rings (SSSR count). The Morgan fingerprint density at radius 3 is 2.24 bits per heavy atom. The Hall–Kier alpha value is -4.38. The van der Waals surface area contributed by atoms with Crippen molar-refractivity contribution >= 4 is 60.9 Å². The number of para-hydroxylation sites is 1. The van der Waals surface area contributed by atoms with Crippen molar-refractivity contribution in [3.05, 3.63) is 132 Å². The number of ether oxygens (including phenoxy) is 1. The van der Waals surface area contributed by atoms with Gasteiger partial charge in [-0.1, -0.05) is 108 Å². The number of hydrogen-bond donors (Lipinski definition) is 1. The van der Waals surface area contributed by atoms with E-state index in [1.54, 1.807) is 18.3 Å². The molecule has 3 atom stereocenters. The SMILES string of the molecule is C=C(C)C(C(=O)OC1c2ccccc2-c2ccccc21)N1C(=O)C(NC(=O)Cc2ccccc2)C1SSc1nc2ccccc2s1. The second-order valence-electron chi connectivity index (χ2n) is 11.2. The van der Waals surface area contributed by atoms with Gasteiger partial charge in [0.05, 0.1) is 16.6 Å². The molecule has 1 N–H and O–H groups in total. The third kappa shape index (κ3) is 5.72. The summed E-state index contributed by atoms with van der Waals surface area (Å²) in [6.45, 7) is 5.81. The number of thiazole rings is 1. The zero-order valence-electron chi connectivity index (χ0n) is 24.8. The van der Waals surface area contributed by atoms with Crippen molar-refractivity contribution in [3.8, 4) is 11.1 Å². The number of fused-ring (bicyclic) bond motifs is 4. The van der Waals surface area contributed by atoms with E-state index in [0.717, 1.165) is 42.4 Å². The van der Waals surface area contributed by atoms with Gasteiger partial charge in [0.1, 0.15) is 11.4 Å². The lowest BCUT2D eigenvalue weighted by molar-refractivity contribution is -0.165. The Morgan fingerprint density at radius 1 is 0.935 bits per heavy atom. The molecule has 4 aromatic carbocycles. The summed E-state index contributed by atoms with van der Waals surface area (Å²) in [6.07, 6.45) is -0.470. The van der Waals surface area contributed by atoms with Gasteiger partial charge in [-0.25, -0.2) is 9.78 Å². The minimum Gasteiger partial charge on any atom is -0.451 e. The van der Waals surface area contributed by atoms with Crippen molar-refractivity contribution in [3.63, 3.8) is 0 Å². The van der Waals surface area contributed by atoms with E-state index in [4.69, 9.17) is 9.72 Å². The normalized spacial score (nSPS) is 17.6. The van der Waals surface area contributed by atoms with Crippen molar-refractivity contribution in [2.45, 2.75) is 41.2 Å². The standard InChI is InChI=1S/C36H29N3O4S3/c1-21(2)31(35(42)43-32-25-16-8-6-14-23(25)24-15-7-9-17-26(24)32)39-33(41)30(38-29(40)20-22-12-4-3-5-13-22)34(39)45-46-36-37-27-18-10-11-19-28(27)44-36/h3-19,30-32,34H,1,20H2,2H3,(H,38,40). The molecule has 1 saturated heterocycles. The number of likely N-dealkylation sites (tertiary alicyclic amines) is 1. The largest absolute Gasteiger partial charge is 0.451 e. The molecule has 10 heteroatoms. The number of esters is 1. The number of nitrogens with zero attached hydrogens (tertiary/aromatic N) is 2. The summed E-state index contributed by atoms with van der Waals surface area (Å²) in [4.78, 5) is 47.2. The molecule has 0 radical (unpaired) electrons. The molecule has 0 spiro atoms. The average Bonchev–Trinajstić information content (AvgIpc) is 3.62. The van der Waals surface area contributed by atoms with Crippen LogP contribution in [0.1, 0.15) is 29.7 Å². The molecule has 1 fully saturated rings. The summed E-state index contributed by atoms with van der Waals surface area (Å²) in [5.41, 5.74) is 6.05. The summed E-state index contributed by atoms with van der Waals surface area (Å²) in [5.74, 6) is -1.20. The van der Waals surface area contributed by atoms with E-state index in [9.17, 15) is 14.4 Å². The number of amides is 2. The van der Waals surface area contributed by atoms with Crippen LogP contribution in [0.5, 0.6) is 0 Å². The van der Waals surface area contributed by atoms with Crippen LogP contribution in [0.15, 0.2) is 120 Å². The maximum atomic E-state index is 14.1. The molecule has 46 heavy (non-hydrogen) atoms. The fourth-order valence-electron chi connectivity index (χ4n) is 5.95. The molecule has 3 unspecified atom stereocenters. The molecule has 7 nitrogen and oxygen atoms in total. The van der Waals surface area contributed by atoms with Crippen molar-refractivity contribution < 1.29 is 19.1 Å². The van der Waals surface area contributed by atoms with Crippen LogP contribution in [0.2, 0.25) is 0 Å². The molecule has 230 valence electrons. The summed E-state index contributed by atoms with van der Waals surface area (Å²) in [7, 11) is 2.81. The number of carbonyl (C=O) groups excluding carboxylic acids is 3. The quantitative estimate of drug-likeness (QED) is 0.0733. The maximum Gasteiger partial charge on any atom is 0.334 e. The molecular formula is C36H29N3O4S3. The van der Waals surface area contributed by atoms with E-state index in [0.29, 0.717) is 5.57 Å². The van der Waals surface area contributed by atoms with Crippen molar-refractivity contribution in [2.24, 2.45) is 0 Å². The highest BCUT2D eigenvalue weighted by molar-refractivity contribution is 8.77. The molecule has 1 aliphatic heterocycles. The highest BCUT2D eigenvalue weighted by Gasteiger charge is 2.54. The topological polar surface area (TPSA) is 88.6 Å². The fourth-order valence-corrected chi connectivity index (χ4v) is 9.91. The zero-order valence-corrected chi connectivity index (χ0v) is 27.2. The molecule has 1 aromatic heterocycles. The number of aromatic nitrogens is 1. The first-order chi connectivity index (χ1) is 22.4. The maximum absolute atomic E-state index is 14.1. The molecule has 1 aliphatic carbocycles. The predicted octanol–water partition coefficient (Wildman–Crippen LogP) is 7.19.